The van der Waals surface area contributed by atoms with Crippen LogP contribution in [0.15, 0.2) is 77.6 Å². The highest BCUT2D eigenvalue weighted by Gasteiger charge is 2.27. The van der Waals surface area contributed by atoms with Gasteiger partial charge in [0.2, 0.25) is 0 Å². The number of aryl methyl sites for hydroxylation is 1. The summed E-state index contributed by atoms with van der Waals surface area (Å²) in [5.41, 5.74) is 6.40. The number of carbonyl (C=O) groups excluding carboxylic acids is 1. The minimum absolute atomic E-state index is 0.0545. The molecule has 0 aliphatic heterocycles. The van der Waals surface area contributed by atoms with Crippen molar-refractivity contribution in [2.75, 3.05) is 7.11 Å². The molecule has 0 aliphatic carbocycles. The van der Waals surface area contributed by atoms with Crippen molar-refractivity contribution in [2.45, 2.75) is 6.92 Å². The highest BCUT2D eigenvalue weighted by molar-refractivity contribution is 6.48. The first-order valence-electron chi connectivity index (χ1n) is 13.6. The van der Waals surface area contributed by atoms with Crippen LogP contribution >= 0.6 is 0 Å². The number of hydrogen-bond acceptors (Lipinski definition) is 4. The molecule has 2 heterocycles. The number of rotatable bonds is 2. The molecule has 0 aliphatic rings. The predicted molar refractivity (Wildman–Crippen MR) is 165 cm³/mol. The zero-order chi connectivity index (χ0) is 27.3. The van der Waals surface area contributed by atoms with Gasteiger partial charge in [0.15, 0.2) is 0 Å². The maximum Gasteiger partial charge on any atom is 0.275 e. The Kier molecular flexibility index (Phi) is 3.60. The SMILES string of the molecule is CONC(=O)c1cc2ccc3cc4c(=O)n5c6ccccc6nc5c5cc6ccc7cc(C)c1c1c2c3c(c45)c6c71. The summed E-state index contributed by atoms with van der Waals surface area (Å²) in [7, 11) is 1.45. The first kappa shape index (κ1) is 21.5. The molecule has 10 aromatic rings. The zero-order valence-corrected chi connectivity index (χ0v) is 22.0. The topological polar surface area (TPSA) is 72.7 Å². The number of benzene rings is 8. The third kappa shape index (κ3) is 2.31. The number of fused-ring (bicyclic) bond motifs is 4. The Labute approximate surface area is 230 Å². The van der Waals surface area contributed by atoms with Crippen molar-refractivity contribution in [3.05, 3.63) is 94.3 Å². The highest BCUT2D eigenvalue weighted by Crippen LogP contribution is 2.51. The quantitative estimate of drug-likeness (QED) is 0.145. The molecular weight excluding hydrogens is 510 g/mol. The number of imidazole rings is 1. The summed E-state index contributed by atoms with van der Waals surface area (Å²) in [6.07, 6.45) is 0. The number of aromatic nitrogens is 2. The lowest BCUT2D eigenvalue weighted by Crippen LogP contribution is -2.22. The molecule has 0 bridgehead atoms. The van der Waals surface area contributed by atoms with Crippen molar-refractivity contribution in [1.82, 2.24) is 14.9 Å². The molecule has 0 saturated heterocycles. The number of para-hydroxylation sites is 2. The van der Waals surface area contributed by atoms with Gasteiger partial charge in [0.25, 0.3) is 11.5 Å². The van der Waals surface area contributed by atoms with Gasteiger partial charge in [0, 0.05) is 21.5 Å². The number of pyridine rings is 1. The average Bonchev–Trinajstić information content (AvgIpc) is 3.38. The first-order chi connectivity index (χ1) is 20.0. The number of hydroxylamine groups is 1. The molecule has 0 unspecified atom stereocenters. The van der Waals surface area contributed by atoms with Gasteiger partial charge in [-0.1, -0.05) is 42.5 Å². The van der Waals surface area contributed by atoms with Gasteiger partial charge < -0.3 is 0 Å². The second-order valence-corrected chi connectivity index (χ2v) is 11.2. The van der Waals surface area contributed by atoms with Gasteiger partial charge in [-0.15, -0.1) is 0 Å². The molecule has 0 atom stereocenters. The molecule has 192 valence electrons. The van der Waals surface area contributed by atoms with Crippen LogP contribution in [-0.4, -0.2) is 22.4 Å². The van der Waals surface area contributed by atoms with Crippen LogP contribution in [0.2, 0.25) is 0 Å². The van der Waals surface area contributed by atoms with E-state index < -0.39 is 0 Å². The standard InChI is InChI=1S/C35H19N3O3/c1-15-11-16-7-8-17-12-20-30-22(35(40)38-24-6-4-3-5-23(24)36-33(20)38)14-19-10-9-18-13-21(34(39)37-41-2)25(15)31-26(16)28(17)32(30)29(19)27(18)31/h3-14H,1-2H3,(H,37,39). The van der Waals surface area contributed by atoms with E-state index in [4.69, 9.17) is 9.82 Å². The van der Waals surface area contributed by atoms with E-state index in [1.54, 1.807) is 4.40 Å². The Bertz CT molecular complexity index is 2790. The van der Waals surface area contributed by atoms with Crippen LogP contribution < -0.4 is 11.0 Å². The molecule has 10 rings (SSSR count). The normalized spacial score (nSPS) is 12.9. The van der Waals surface area contributed by atoms with E-state index in [-0.39, 0.29) is 11.5 Å². The van der Waals surface area contributed by atoms with Crippen LogP contribution in [0.1, 0.15) is 15.9 Å². The lowest BCUT2D eigenvalue weighted by molar-refractivity contribution is 0.0539. The molecule has 0 spiro atoms. The van der Waals surface area contributed by atoms with Crippen molar-refractivity contribution >= 4 is 98.0 Å². The smallest absolute Gasteiger partial charge is 0.275 e. The lowest BCUT2D eigenvalue weighted by atomic mass is 9.79. The fraction of sp³-hybridized carbons (Fsp3) is 0.0571. The molecule has 6 heteroatoms. The Hall–Kier alpha value is -5.33. The maximum absolute atomic E-state index is 14.2. The fourth-order valence-corrected chi connectivity index (χ4v) is 7.73. The second-order valence-electron chi connectivity index (χ2n) is 11.2. The van der Waals surface area contributed by atoms with Gasteiger partial charge >= 0.3 is 0 Å². The van der Waals surface area contributed by atoms with Crippen LogP contribution in [-0.2, 0) is 4.84 Å². The van der Waals surface area contributed by atoms with E-state index >= 15 is 0 Å². The molecule has 8 aromatic carbocycles. The molecule has 0 fully saturated rings. The number of nitrogens with one attached hydrogen (secondary N) is 1. The molecule has 1 N–H and O–H groups in total. The van der Waals surface area contributed by atoms with Crippen molar-refractivity contribution in [2.24, 2.45) is 0 Å². The van der Waals surface area contributed by atoms with Crippen molar-refractivity contribution in [3.63, 3.8) is 0 Å². The summed E-state index contributed by atoms with van der Waals surface area (Å²) in [6.45, 7) is 2.06. The Balaban J connectivity index is 1.58. The molecule has 2 aromatic heterocycles. The highest BCUT2D eigenvalue weighted by atomic mass is 16.6. The summed E-state index contributed by atoms with van der Waals surface area (Å²) in [5, 5.41) is 14.4. The van der Waals surface area contributed by atoms with Gasteiger partial charge in [0.1, 0.15) is 5.65 Å². The van der Waals surface area contributed by atoms with Crippen LogP contribution in [0, 0.1) is 6.92 Å². The fourth-order valence-electron chi connectivity index (χ4n) is 7.73. The van der Waals surface area contributed by atoms with Crippen LogP contribution in [0.25, 0.3) is 92.1 Å². The van der Waals surface area contributed by atoms with Gasteiger partial charge in [0.05, 0.1) is 23.7 Å². The number of amides is 1. The average molecular weight is 530 g/mol. The monoisotopic (exact) mass is 529 g/mol. The van der Waals surface area contributed by atoms with E-state index in [9.17, 15) is 9.59 Å². The van der Waals surface area contributed by atoms with E-state index in [0.717, 1.165) is 86.6 Å². The third-order valence-electron chi connectivity index (χ3n) is 9.19. The molecule has 6 nitrogen and oxygen atoms in total. The minimum Gasteiger partial charge on any atom is -0.277 e. The van der Waals surface area contributed by atoms with Crippen LogP contribution in [0.5, 0.6) is 0 Å². The Morgan fingerprint density at radius 1 is 0.732 bits per heavy atom. The summed E-state index contributed by atoms with van der Waals surface area (Å²) >= 11 is 0. The first-order valence-corrected chi connectivity index (χ1v) is 13.6. The summed E-state index contributed by atoms with van der Waals surface area (Å²) < 4.78 is 1.77. The zero-order valence-electron chi connectivity index (χ0n) is 22.0. The van der Waals surface area contributed by atoms with E-state index in [2.05, 4.69) is 48.8 Å². The van der Waals surface area contributed by atoms with Crippen LogP contribution in [0.3, 0.4) is 0 Å². The largest absolute Gasteiger partial charge is 0.277 e. The summed E-state index contributed by atoms with van der Waals surface area (Å²) in [5.74, 6) is -0.273. The van der Waals surface area contributed by atoms with E-state index in [1.165, 1.54) is 7.11 Å². The van der Waals surface area contributed by atoms with Crippen molar-refractivity contribution in [1.29, 1.82) is 0 Å². The summed E-state index contributed by atoms with van der Waals surface area (Å²) in [4.78, 5) is 37.5. The van der Waals surface area contributed by atoms with Gasteiger partial charge in [-0.3, -0.25) is 18.8 Å². The predicted octanol–water partition coefficient (Wildman–Crippen LogP) is 7.27. The summed E-state index contributed by atoms with van der Waals surface area (Å²) in [6, 6.07) is 24.7. The van der Waals surface area contributed by atoms with Gasteiger partial charge in [-0.2, -0.15) is 0 Å². The molecule has 41 heavy (non-hydrogen) atoms. The third-order valence-corrected chi connectivity index (χ3v) is 9.19. The molecule has 0 radical (unpaired) electrons. The minimum atomic E-state index is -0.273. The molecule has 1 amide bonds. The Morgan fingerprint density at radius 2 is 1.34 bits per heavy atom. The second kappa shape index (κ2) is 6.86. The number of carbonyl (C=O) groups is 1. The molecular formula is C35H19N3O3. The van der Waals surface area contributed by atoms with E-state index in [0.29, 0.717) is 16.6 Å². The maximum atomic E-state index is 14.2. The Morgan fingerprint density at radius 3 is 2.05 bits per heavy atom. The van der Waals surface area contributed by atoms with E-state index in [1.807, 2.05) is 36.4 Å². The van der Waals surface area contributed by atoms with Gasteiger partial charge in [-0.05, 0) is 96.7 Å². The lowest BCUT2D eigenvalue weighted by Gasteiger charge is -2.24. The number of nitrogens with zero attached hydrogens (tertiary/aromatic N) is 2. The van der Waals surface area contributed by atoms with Crippen molar-refractivity contribution in [3.8, 4) is 0 Å². The van der Waals surface area contributed by atoms with Crippen molar-refractivity contribution < 1.29 is 9.63 Å². The van der Waals surface area contributed by atoms with Gasteiger partial charge in [-0.25, -0.2) is 10.5 Å². The molecule has 0 saturated carbocycles. The van der Waals surface area contributed by atoms with Crippen LogP contribution in [0.4, 0.5) is 0 Å². The number of hydrogen-bond donors (Lipinski definition) is 1.